The summed E-state index contributed by atoms with van der Waals surface area (Å²) in [5.74, 6) is -0.288. The van der Waals surface area contributed by atoms with Crippen molar-refractivity contribution in [1.29, 1.82) is 0 Å². The number of amides is 2. The van der Waals surface area contributed by atoms with Crippen LogP contribution in [0.25, 0.3) is 0 Å². The van der Waals surface area contributed by atoms with Gasteiger partial charge in [0.15, 0.2) is 10.9 Å². The van der Waals surface area contributed by atoms with E-state index in [2.05, 4.69) is 15.0 Å². The van der Waals surface area contributed by atoms with Crippen molar-refractivity contribution in [3.05, 3.63) is 52.7 Å². The van der Waals surface area contributed by atoms with E-state index >= 15 is 0 Å². The Morgan fingerprint density at radius 3 is 2.68 bits per heavy atom. The molecule has 4 rings (SSSR count). The third-order valence-corrected chi connectivity index (χ3v) is 8.50. The second kappa shape index (κ2) is 9.30. The van der Waals surface area contributed by atoms with Gasteiger partial charge in [-0.15, -0.1) is 22.7 Å². The number of anilines is 1. The number of carbonyl (C=O) groups is 2. The monoisotopic (exact) mass is 480 g/mol. The van der Waals surface area contributed by atoms with Crippen molar-refractivity contribution in [2.24, 2.45) is 0 Å². The molecule has 0 atom stereocenters. The molecule has 31 heavy (non-hydrogen) atoms. The molecule has 9 nitrogen and oxygen atoms in total. The van der Waals surface area contributed by atoms with Crippen LogP contribution in [0, 0.1) is 0 Å². The van der Waals surface area contributed by atoms with Crippen molar-refractivity contribution in [1.82, 2.24) is 14.6 Å². The molecule has 1 aliphatic heterocycles. The maximum Gasteiger partial charge on any atom is 0.293 e. The van der Waals surface area contributed by atoms with Crippen molar-refractivity contribution in [3.63, 3.8) is 0 Å². The van der Waals surface area contributed by atoms with E-state index in [4.69, 9.17) is 4.42 Å². The number of piperidine rings is 1. The number of hydrogen-bond donors (Lipinski definition) is 2. The first-order valence-corrected chi connectivity index (χ1v) is 12.8. The highest BCUT2D eigenvalue weighted by Crippen LogP contribution is 2.21. The normalized spacial score (nSPS) is 15.2. The zero-order valence-corrected chi connectivity index (χ0v) is 18.8. The van der Waals surface area contributed by atoms with Crippen molar-refractivity contribution in [2.75, 3.05) is 18.4 Å². The fraction of sp³-hybridized carbons (Fsp3) is 0.316. The van der Waals surface area contributed by atoms with Crippen molar-refractivity contribution in [2.45, 2.75) is 29.5 Å². The second-order valence-corrected chi connectivity index (χ2v) is 10.7. The van der Waals surface area contributed by atoms with Gasteiger partial charge in [0.1, 0.15) is 4.21 Å². The summed E-state index contributed by atoms with van der Waals surface area (Å²) >= 11 is 2.42. The van der Waals surface area contributed by atoms with Crippen LogP contribution >= 0.6 is 22.7 Å². The number of sulfonamides is 1. The van der Waals surface area contributed by atoms with Crippen molar-refractivity contribution in [3.8, 4) is 0 Å². The topological polar surface area (TPSA) is 122 Å². The van der Waals surface area contributed by atoms with Gasteiger partial charge in [0.05, 0.1) is 18.4 Å². The predicted molar refractivity (Wildman–Crippen MR) is 117 cm³/mol. The lowest BCUT2D eigenvalue weighted by Gasteiger charge is -2.32. The average molecular weight is 481 g/mol. The van der Waals surface area contributed by atoms with Gasteiger partial charge in [-0.1, -0.05) is 6.07 Å². The number of nitrogens with one attached hydrogen (secondary N) is 2. The number of thiazole rings is 1. The van der Waals surface area contributed by atoms with E-state index in [0.29, 0.717) is 41.0 Å². The number of hydrogen-bond acceptors (Lipinski definition) is 8. The number of rotatable bonds is 7. The SMILES string of the molecule is O=C(Nc1nc(CC(=O)N2CCC(NS(=O)(=O)c3cccs3)CC2)cs1)c1ccco1. The third-order valence-electron chi connectivity index (χ3n) is 4.78. The fourth-order valence-corrected chi connectivity index (χ4v) is 6.24. The van der Waals surface area contributed by atoms with Gasteiger partial charge in [0.2, 0.25) is 15.9 Å². The smallest absolute Gasteiger partial charge is 0.293 e. The Bertz CT molecular complexity index is 1130. The van der Waals surface area contributed by atoms with Crippen molar-refractivity contribution >= 4 is 49.6 Å². The minimum absolute atomic E-state index is 0.0752. The van der Waals surface area contributed by atoms with Gasteiger partial charge in [0, 0.05) is 24.5 Å². The first kappa shape index (κ1) is 21.7. The van der Waals surface area contributed by atoms with Crippen LogP contribution in [0.1, 0.15) is 29.1 Å². The number of likely N-dealkylation sites (tertiary alicyclic amines) is 1. The quantitative estimate of drug-likeness (QED) is 0.536. The number of nitrogens with zero attached hydrogens (tertiary/aromatic N) is 2. The highest BCUT2D eigenvalue weighted by atomic mass is 32.2. The summed E-state index contributed by atoms with van der Waals surface area (Å²) in [6, 6.07) is 6.26. The molecule has 0 saturated carbocycles. The van der Waals surface area contributed by atoms with Crippen LogP contribution in [0.3, 0.4) is 0 Å². The first-order valence-electron chi connectivity index (χ1n) is 9.53. The van der Waals surface area contributed by atoms with Gasteiger partial charge in [-0.25, -0.2) is 18.1 Å². The van der Waals surface area contributed by atoms with E-state index in [1.807, 2.05) is 0 Å². The van der Waals surface area contributed by atoms with Crippen LogP contribution in [-0.2, 0) is 21.2 Å². The molecule has 1 saturated heterocycles. The van der Waals surface area contributed by atoms with Crippen LogP contribution < -0.4 is 10.0 Å². The molecule has 0 unspecified atom stereocenters. The Hall–Kier alpha value is -2.54. The van der Waals surface area contributed by atoms with E-state index in [1.165, 1.54) is 28.9 Å². The zero-order chi connectivity index (χ0) is 21.8. The molecule has 164 valence electrons. The molecule has 1 aliphatic rings. The van der Waals surface area contributed by atoms with Gasteiger partial charge in [0.25, 0.3) is 5.91 Å². The number of furan rings is 1. The molecule has 0 spiro atoms. The molecule has 0 radical (unpaired) electrons. The van der Waals surface area contributed by atoms with Crippen molar-refractivity contribution < 1.29 is 22.4 Å². The van der Waals surface area contributed by atoms with Crippen LogP contribution in [-0.4, -0.2) is 49.2 Å². The lowest BCUT2D eigenvalue weighted by molar-refractivity contribution is -0.131. The van der Waals surface area contributed by atoms with Crippen LogP contribution in [0.4, 0.5) is 5.13 Å². The van der Waals surface area contributed by atoms with Gasteiger partial charge >= 0.3 is 0 Å². The number of thiophene rings is 1. The Morgan fingerprint density at radius 1 is 1.19 bits per heavy atom. The molecular weight excluding hydrogens is 460 g/mol. The summed E-state index contributed by atoms with van der Waals surface area (Å²) in [5, 5.41) is 6.49. The average Bonchev–Trinajstić information content (AvgIpc) is 3.51. The van der Waals surface area contributed by atoms with E-state index in [9.17, 15) is 18.0 Å². The summed E-state index contributed by atoms with van der Waals surface area (Å²) < 4.78 is 32.8. The van der Waals surface area contributed by atoms with E-state index < -0.39 is 15.9 Å². The maximum atomic E-state index is 12.6. The van der Waals surface area contributed by atoms with E-state index in [0.717, 1.165) is 0 Å². The summed E-state index contributed by atoms with van der Waals surface area (Å²) in [6.07, 6.45) is 2.64. The Labute approximate surface area is 187 Å². The largest absolute Gasteiger partial charge is 0.459 e. The molecule has 2 N–H and O–H groups in total. The molecule has 0 aromatic carbocycles. The third kappa shape index (κ3) is 5.39. The summed E-state index contributed by atoms with van der Waals surface area (Å²) in [5.41, 5.74) is 0.574. The Kier molecular flexibility index (Phi) is 6.51. The molecule has 12 heteroatoms. The molecule has 3 aromatic heterocycles. The van der Waals surface area contributed by atoms with Crippen LogP contribution in [0.15, 0.2) is 49.9 Å². The van der Waals surface area contributed by atoms with Gasteiger partial charge < -0.3 is 9.32 Å². The lowest BCUT2D eigenvalue weighted by Crippen LogP contribution is -2.46. The molecule has 3 aromatic rings. The first-order chi connectivity index (χ1) is 14.9. The number of aromatic nitrogens is 1. The molecule has 0 bridgehead atoms. The van der Waals surface area contributed by atoms with Gasteiger partial charge in [-0.2, -0.15) is 0 Å². The molecule has 4 heterocycles. The van der Waals surface area contributed by atoms with Crippen LogP contribution in [0.2, 0.25) is 0 Å². The minimum Gasteiger partial charge on any atom is -0.459 e. The number of carbonyl (C=O) groups excluding carboxylic acids is 2. The fourth-order valence-electron chi connectivity index (χ4n) is 3.22. The summed E-state index contributed by atoms with van der Waals surface area (Å²) in [4.78, 5) is 30.6. The van der Waals surface area contributed by atoms with Gasteiger partial charge in [-0.05, 0) is 36.4 Å². The van der Waals surface area contributed by atoms with E-state index in [-0.39, 0.29) is 24.1 Å². The van der Waals surface area contributed by atoms with E-state index in [1.54, 1.807) is 39.9 Å². The molecule has 0 aliphatic carbocycles. The summed E-state index contributed by atoms with van der Waals surface area (Å²) in [6.45, 7) is 0.950. The minimum atomic E-state index is -3.51. The zero-order valence-electron chi connectivity index (χ0n) is 16.3. The Morgan fingerprint density at radius 2 is 2.00 bits per heavy atom. The molecular formula is C19H20N4O5S3. The van der Waals surface area contributed by atoms with Gasteiger partial charge in [-0.3, -0.25) is 14.9 Å². The maximum absolute atomic E-state index is 12.6. The predicted octanol–water partition coefficient (Wildman–Crippen LogP) is 2.56. The van der Waals surface area contributed by atoms with Crippen LogP contribution in [0.5, 0.6) is 0 Å². The highest BCUT2D eigenvalue weighted by molar-refractivity contribution is 7.91. The second-order valence-electron chi connectivity index (χ2n) is 6.96. The molecule has 2 amide bonds. The molecule has 1 fully saturated rings. The summed E-state index contributed by atoms with van der Waals surface area (Å²) in [7, 11) is -3.51. The highest BCUT2D eigenvalue weighted by Gasteiger charge is 2.27. The standard InChI is InChI=1S/C19H20N4O5S3/c24-16(11-14-12-30-19(20-14)21-18(25)15-3-1-9-28-15)23-7-5-13(6-8-23)22-31(26,27)17-4-2-10-29-17/h1-4,9-10,12-13,22H,5-8,11H2,(H,20,21,25). The lowest BCUT2D eigenvalue weighted by atomic mass is 10.1. The Balaban J connectivity index is 1.26.